The number of methoxy groups -OCH3 is 1. The highest BCUT2D eigenvalue weighted by Crippen LogP contribution is 2.31. The van der Waals surface area contributed by atoms with E-state index in [1.165, 1.54) is 0 Å². The highest BCUT2D eigenvalue weighted by atomic mass is 16.5. The molecule has 5 nitrogen and oxygen atoms in total. The summed E-state index contributed by atoms with van der Waals surface area (Å²) in [5.74, 6) is 0.924. The van der Waals surface area contributed by atoms with E-state index in [9.17, 15) is 9.59 Å². The van der Waals surface area contributed by atoms with Crippen LogP contribution in [0.15, 0.2) is 54.6 Å². The molecule has 0 radical (unpaired) electrons. The first-order chi connectivity index (χ1) is 14.1. The lowest BCUT2D eigenvalue weighted by molar-refractivity contribution is -0.138. The average Bonchev–Trinajstić information content (AvgIpc) is 2.78. The molecular formula is C24H30N2O3. The molecule has 3 rings (SSSR count). The predicted molar refractivity (Wildman–Crippen MR) is 115 cm³/mol. The van der Waals surface area contributed by atoms with Crippen LogP contribution in [0.5, 0.6) is 5.75 Å². The minimum atomic E-state index is -0.0468. The standard InChI is InChI=1S/C24H30N2O3/c1-3-26(17-18-8-5-4-6-9-18)24(28)20-14-12-19(13-15-20)23(27)25-21-10-7-11-22(16-21)29-2/h4-11,16,19-20H,3,12-15,17H2,1-2H3,(H,25,27). The molecule has 0 saturated heterocycles. The molecule has 0 aliphatic heterocycles. The van der Waals surface area contributed by atoms with E-state index in [1.807, 2.05) is 54.3 Å². The van der Waals surface area contributed by atoms with Gasteiger partial charge in [-0.1, -0.05) is 36.4 Å². The maximum atomic E-state index is 13.0. The minimum absolute atomic E-state index is 0.0135. The summed E-state index contributed by atoms with van der Waals surface area (Å²) in [6, 6.07) is 17.5. The van der Waals surface area contributed by atoms with Gasteiger partial charge >= 0.3 is 0 Å². The number of benzene rings is 2. The number of rotatable bonds is 7. The summed E-state index contributed by atoms with van der Waals surface area (Å²) in [7, 11) is 1.61. The van der Waals surface area contributed by atoms with E-state index >= 15 is 0 Å². The van der Waals surface area contributed by atoms with Crippen LogP contribution >= 0.6 is 0 Å². The normalized spacial score (nSPS) is 18.7. The summed E-state index contributed by atoms with van der Waals surface area (Å²) >= 11 is 0. The number of ether oxygens (including phenoxy) is 1. The number of nitrogens with one attached hydrogen (secondary N) is 1. The Kier molecular flexibility index (Phi) is 7.28. The van der Waals surface area contributed by atoms with Crippen molar-refractivity contribution in [3.8, 4) is 5.75 Å². The zero-order chi connectivity index (χ0) is 20.6. The van der Waals surface area contributed by atoms with E-state index in [2.05, 4.69) is 17.4 Å². The number of carbonyl (C=O) groups is 2. The van der Waals surface area contributed by atoms with E-state index in [0.29, 0.717) is 13.1 Å². The Morgan fingerprint density at radius 3 is 2.34 bits per heavy atom. The number of nitrogens with zero attached hydrogens (tertiary/aromatic N) is 1. The summed E-state index contributed by atoms with van der Waals surface area (Å²) in [4.78, 5) is 27.5. The van der Waals surface area contributed by atoms with Gasteiger partial charge in [0.2, 0.25) is 11.8 Å². The van der Waals surface area contributed by atoms with Crippen molar-refractivity contribution in [3.05, 3.63) is 60.2 Å². The molecule has 0 spiro atoms. The number of carbonyl (C=O) groups excluding carboxylic acids is 2. The van der Waals surface area contributed by atoms with Gasteiger partial charge in [-0.3, -0.25) is 9.59 Å². The Morgan fingerprint density at radius 2 is 1.69 bits per heavy atom. The van der Waals surface area contributed by atoms with E-state index in [0.717, 1.165) is 42.7 Å². The number of hydrogen-bond donors (Lipinski definition) is 1. The van der Waals surface area contributed by atoms with Crippen LogP contribution in [0, 0.1) is 11.8 Å². The highest BCUT2D eigenvalue weighted by molar-refractivity contribution is 5.93. The van der Waals surface area contributed by atoms with Crippen molar-refractivity contribution in [2.24, 2.45) is 11.8 Å². The minimum Gasteiger partial charge on any atom is -0.497 e. The van der Waals surface area contributed by atoms with Crippen molar-refractivity contribution in [3.63, 3.8) is 0 Å². The van der Waals surface area contributed by atoms with E-state index in [-0.39, 0.29) is 23.7 Å². The molecule has 0 aromatic heterocycles. The quantitative estimate of drug-likeness (QED) is 0.753. The van der Waals surface area contributed by atoms with Crippen molar-refractivity contribution in [2.45, 2.75) is 39.2 Å². The largest absolute Gasteiger partial charge is 0.497 e. The maximum absolute atomic E-state index is 13.0. The molecule has 1 saturated carbocycles. The SMILES string of the molecule is CCN(Cc1ccccc1)C(=O)C1CCC(C(=O)Nc2cccc(OC)c2)CC1. The molecule has 5 heteroatoms. The summed E-state index contributed by atoms with van der Waals surface area (Å²) in [5, 5.41) is 2.98. The maximum Gasteiger partial charge on any atom is 0.227 e. The molecule has 0 heterocycles. The fourth-order valence-electron chi connectivity index (χ4n) is 3.96. The third-order valence-electron chi connectivity index (χ3n) is 5.69. The van der Waals surface area contributed by atoms with Crippen molar-refractivity contribution in [2.75, 3.05) is 19.0 Å². The Balaban J connectivity index is 1.52. The Labute approximate surface area is 173 Å². The van der Waals surface area contributed by atoms with Crippen LogP contribution in [0.25, 0.3) is 0 Å². The van der Waals surface area contributed by atoms with Gasteiger partial charge in [0.05, 0.1) is 7.11 Å². The number of hydrogen-bond acceptors (Lipinski definition) is 3. The van der Waals surface area contributed by atoms with Gasteiger partial charge in [0.1, 0.15) is 5.75 Å². The van der Waals surface area contributed by atoms with Gasteiger partial charge < -0.3 is 15.0 Å². The van der Waals surface area contributed by atoms with Crippen LogP contribution in [-0.2, 0) is 16.1 Å². The summed E-state index contributed by atoms with van der Waals surface area (Å²) in [5.41, 5.74) is 1.89. The topological polar surface area (TPSA) is 58.6 Å². The van der Waals surface area contributed by atoms with Crippen molar-refractivity contribution in [1.82, 2.24) is 4.90 Å². The molecule has 2 amide bonds. The highest BCUT2D eigenvalue weighted by Gasteiger charge is 2.32. The molecule has 0 atom stereocenters. The number of anilines is 1. The molecule has 2 aromatic rings. The third kappa shape index (κ3) is 5.59. The lowest BCUT2D eigenvalue weighted by Gasteiger charge is -2.31. The summed E-state index contributed by atoms with van der Waals surface area (Å²) < 4.78 is 5.20. The fourth-order valence-corrected chi connectivity index (χ4v) is 3.96. The predicted octanol–water partition coefficient (Wildman–Crippen LogP) is 4.49. The first-order valence-corrected chi connectivity index (χ1v) is 10.4. The van der Waals surface area contributed by atoms with Crippen LogP contribution in [0.1, 0.15) is 38.2 Å². The first-order valence-electron chi connectivity index (χ1n) is 10.4. The van der Waals surface area contributed by atoms with E-state index in [4.69, 9.17) is 4.74 Å². The molecule has 0 unspecified atom stereocenters. The average molecular weight is 395 g/mol. The Hall–Kier alpha value is -2.82. The van der Waals surface area contributed by atoms with Gasteiger partial charge in [-0.2, -0.15) is 0 Å². The molecule has 1 aliphatic rings. The molecular weight excluding hydrogens is 364 g/mol. The molecule has 1 N–H and O–H groups in total. The zero-order valence-electron chi connectivity index (χ0n) is 17.3. The monoisotopic (exact) mass is 394 g/mol. The summed E-state index contributed by atoms with van der Waals surface area (Å²) in [6.45, 7) is 3.37. The second kappa shape index (κ2) is 10.1. The molecule has 1 fully saturated rings. The molecule has 154 valence electrons. The smallest absolute Gasteiger partial charge is 0.227 e. The molecule has 2 aromatic carbocycles. The summed E-state index contributed by atoms with van der Waals surface area (Å²) in [6.07, 6.45) is 3.02. The van der Waals surface area contributed by atoms with Crippen molar-refractivity contribution in [1.29, 1.82) is 0 Å². The second-order valence-electron chi connectivity index (χ2n) is 7.61. The van der Waals surface area contributed by atoms with Crippen LogP contribution in [-0.4, -0.2) is 30.4 Å². The van der Waals surface area contributed by atoms with E-state index in [1.54, 1.807) is 7.11 Å². The van der Waals surface area contributed by atoms with Gasteiger partial charge in [-0.05, 0) is 50.3 Å². The lowest BCUT2D eigenvalue weighted by Crippen LogP contribution is -2.38. The van der Waals surface area contributed by atoms with Gasteiger partial charge in [-0.25, -0.2) is 0 Å². The molecule has 0 bridgehead atoms. The Bertz CT molecular complexity index is 814. The zero-order valence-corrected chi connectivity index (χ0v) is 17.3. The lowest BCUT2D eigenvalue weighted by atomic mass is 9.80. The fraction of sp³-hybridized carbons (Fsp3) is 0.417. The van der Waals surface area contributed by atoms with Gasteiger partial charge in [0.15, 0.2) is 0 Å². The van der Waals surface area contributed by atoms with Crippen molar-refractivity contribution >= 4 is 17.5 Å². The van der Waals surface area contributed by atoms with Gasteiger partial charge in [-0.15, -0.1) is 0 Å². The van der Waals surface area contributed by atoms with Crippen LogP contribution in [0.4, 0.5) is 5.69 Å². The van der Waals surface area contributed by atoms with E-state index < -0.39 is 0 Å². The van der Waals surface area contributed by atoms with Crippen LogP contribution in [0.2, 0.25) is 0 Å². The molecule has 1 aliphatic carbocycles. The third-order valence-corrected chi connectivity index (χ3v) is 5.69. The number of amides is 2. The van der Waals surface area contributed by atoms with Gasteiger partial charge in [0, 0.05) is 36.7 Å². The van der Waals surface area contributed by atoms with Crippen LogP contribution < -0.4 is 10.1 Å². The van der Waals surface area contributed by atoms with Crippen LogP contribution in [0.3, 0.4) is 0 Å². The second-order valence-corrected chi connectivity index (χ2v) is 7.61. The van der Waals surface area contributed by atoms with Crippen molar-refractivity contribution < 1.29 is 14.3 Å². The Morgan fingerprint density at radius 1 is 1.00 bits per heavy atom. The van der Waals surface area contributed by atoms with Gasteiger partial charge in [0.25, 0.3) is 0 Å². The molecule has 29 heavy (non-hydrogen) atoms. The first kappa shape index (κ1) is 20.9.